The molecule has 0 spiro atoms. The Balaban J connectivity index is 2.18. The third kappa shape index (κ3) is 2.94. The van der Waals surface area contributed by atoms with E-state index in [1.165, 1.54) is 12.1 Å². The van der Waals surface area contributed by atoms with Gasteiger partial charge in [-0.05, 0) is 36.2 Å². The van der Waals surface area contributed by atoms with Gasteiger partial charge in [0, 0.05) is 6.54 Å². The Morgan fingerprint density at radius 2 is 1.84 bits per heavy atom. The van der Waals surface area contributed by atoms with E-state index in [4.69, 9.17) is 0 Å². The predicted octanol–water partition coefficient (Wildman–Crippen LogP) is 3.69. The van der Waals surface area contributed by atoms with Crippen LogP contribution in [-0.4, -0.2) is 23.6 Å². The zero-order valence-corrected chi connectivity index (χ0v) is 13.7. The predicted molar refractivity (Wildman–Crippen MR) is 86.1 cm³/mol. The quantitative estimate of drug-likeness (QED) is 0.901. The number of hydrogen-bond donors (Lipinski definition) is 1. The molecule has 0 saturated carbocycles. The van der Waals surface area contributed by atoms with E-state index in [0.29, 0.717) is 16.3 Å². The number of halogens is 3. The molecule has 1 amide bonds. The lowest BCUT2D eigenvalue weighted by Gasteiger charge is -2.30. The van der Waals surface area contributed by atoms with Crippen molar-refractivity contribution in [2.45, 2.75) is 26.1 Å². The number of amides is 1. The van der Waals surface area contributed by atoms with Crippen LogP contribution in [0.1, 0.15) is 31.0 Å². The number of hydrazine groups is 1. The molecule has 7 heteroatoms. The second-order valence-corrected chi connectivity index (χ2v) is 6.76. The molecule has 25 heavy (non-hydrogen) atoms. The minimum Gasteiger partial charge on any atom is -0.287 e. The number of carbonyl (C=O) groups is 1. The molecule has 1 fully saturated rings. The molecule has 0 aliphatic carbocycles. The van der Waals surface area contributed by atoms with Gasteiger partial charge >= 0.3 is 6.18 Å². The van der Waals surface area contributed by atoms with Gasteiger partial charge in [-0.2, -0.15) is 18.4 Å². The Bertz CT molecular complexity index is 883. The Kier molecular flexibility index (Phi) is 3.96. The molecule has 2 aromatic carbocycles. The zero-order valence-electron chi connectivity index (χ0n) is 13.7. The fourth-order valence-corrected chi connectivity index (χ4v) is 3.17. The van der Waals surface area contributed by atoms with Crippen molar-refractivity contribution in [1.82, 2.24) is 10.4 Å². The highest BCUT2D eigenvalue weighted by Crippen LogP contribution is 2.42. The van der Waals surface area contributed by atoms with Gasteiger partial charge in [0.05, 0.1) is 17.0 Å². The first-order valence-electron chi connectivity index (χ1n) is 7.71. The summed E-state index contributed by atoms with van der Waals surface area (Å²) in [4.78, 5) is 12.0. The Morgan fingerprint density at radius 3 is 2.40 bits per heavy atom. The van der Waals surface area contributed by atoms with E-state index in [1.54, 1.807) is 38.1 Å². The fourth-order valence-electron chi connectivity index (χ4n) is 3.17. The molecule has 0 aromatic heterocycles. The number of fused-ring (bicyclic) bond motifs is 1. The molecule has 1 unspecified atom stereocenters. The van der Waals surface area contributed by atoms with Gasteiger partial charge in [0.15, 0.2) is 6.04 Å². The second-order valence-electron chi connectivity index (χ2n) is 6.76. The van der Waals surface area contributed by atoms with Gasteiger partial charge in [0.25, 0.3) is 0 Å². The first kappa shape index (κ1) is 17.2. The van der Waals surface area contributed by atoms with Crippen LogP contribution in [0, 0.1) is 16.7 Å². The van der Waals surface area contributed by atoms with Crippen molar-refractivity contribution >= 4 is 16.7 Å². The highest BCUT2D eigenvalue weighted by atomic mass is 19.4. The molecule has 1 atom stereocenters. The number of alkyl halides is 3. The van der Waals surface area contributed by atoms with Gasteiger partial charge in [0.2, 0.25) is 5.91 Å². The van der Waals surface area contributed by atoms with Crippen LogP contribution in [0.5, 0.6) is 0 Å². The van der Waals surface area contributed by atoms with E-state index in [2.05, 4.69) is 5.43 Å². The average molecular weight is 347 g/mol. The summed E-state index contributed by atoms with van der Waals surface area (Å²) >= 11 is 0. The molecule has 4 nitrogen and oxygen atoms in total. The highest BCUT2D eigenvalue weighted by molar-refractivity contribution is 5.91. The summed E-state index contributed by atoms with van der Waals surface area (Å²) in [6.07, 6.45) is -4.59. The van der Waals surface area contributed by atoms with Crippen LogP contribution in [0.4, 0.5) is 13.2 Å². The Morgan fingerprint density at radius 1 is 1.20 bits per heavy atom. The molecule has 3 rings (SSSR count). The van der Waals surface area contributed by atoms with Crippen molar-refractivity contribution in [2.75, 3.05) is 6.54 Å². The van der Waals surface area contributed by atoms with Gasteiger partial charge < -0.3 is 0 Å². The molecule has 1 aliphatic heterocycles. The molecular formula is C18H16F3N3O. The van der Waals surface area contributed by atoms with Crippen LogP contribution in [0.25, 0.3) is 10.8 Å². The van der Waals surface area contributed by atoms with E-state index in [9.17, 15) is 23.2 Å². The van der Waals surface area contributed by atoms with E-state index < -0.39 is 23.5 Å². The standard InChI is InChI=1S/C18H16F3N3O/c1-17(2)10-24(23-16(17)25)15(18(19,20)21)14-8-4-6-12-11(9-22)5-3-7-13(12)14/h3-8,15H,10H2,1-2H3,(H,23,25). The molecule has 2 aromatic rings. The molecule has 1 N–H and O–H groups in total. The van der Waals surface area contributed by atoms with Crippen molar-refractivity contribution in [3.8, 4) is 6.07 Å². The van der Waals surface area contributed by atoms with E-state index in [1.807, 2.05) is 6.07 Å². The number of benzene rings is 2. The summed E-state index contributed by atoms with van der Waals surface area (Å²) in [6.45, 7) is 3.14. The number of rotatable bonds is 2. The van der Waals surface area contributed by atoms with Crippen LogP contribution in [0.3, 0.4) is 0 Å². The zero-order chi connectivity index (χ0) is 18.4. The van der Waals surface area contributed by atoms with Crippen LogP contribution < -0.4 is 5.43 Å². The van der Waals surface area contributed by atoms with Gasteiger partial charge in [-0.25, -0.2) is 5.01 Å². The summed E-state index contributed by atoms with van der Waals surface area (Å²) < 4.78 is 41.7. The molecule has 0 bridgehead atoms. The summed E-state index contributed by atoms with van der Waals surface area (Å²) in [5.41, 5.74) is 1.77. The van der Waals surface area contributed by atoms with E-state index in [-0.39, 0.29) is 12.1 Å². The average Bonchev–Trinajstić information content (AvgIpc) is 2.78. The SMILES string of the molecule is CC1(C)CN(C(c2cccc3c(C#N)cccc23)C(F)(F)F)NC1=O. The third-order valence-corrected chi connectivity index (χ3v) is 4.42. The van der Waals surface area contributed by atoms with Crippen molar-refractivity contribution in [3.05, 3.63) is 47.5 Å². The van der Waals surface area contributed by atoms with Crippen molar-refractivity contribution in [1.29, 1.82) is 5.26 Å². The van der Waals surface area contributed by atoms with Gasteiger partial charge in [-0.15, -0.1) is 0 Å². The third-order valence-electron chi connectivity index (χ3n) is 4.42. The van der Waals surface area contributed by atoms with E-state index >= 15 is 0 Å². The van der Waals surface area contributed by atoms with Gasteiger partial charge in [0.1, 0.15) is 0 Å². The summed E-state index contributed by atoms with van der Waals surface area (Å²) in [6, 6.07) is 9.21. The van der Waals surface area contributed by atoms with Crippen LogP contribution in [-0.2, 0) is 4.79 Å². The minimum atomic E-state index is -4.59. The van der Waals surface area contributed by atoms with E-state index in [0.717, 1.165) is 5.01 Å². The normalized spacial score (nSPS) is 18.8. The van der Waals surface area contributed by atoms with Crippen molar-refractivity contribution in [2.24, 2.45) is 5.41 Å². The van der Waals surface area contributed by atoms with Crippen LogP contribution >= 0.6 is 0 Å². The number of hydrogen-bond acceptors (Lipinski definition) is 3. The smallest absolute Gasteiger partial charge is 0.287 e. The first-order valence-corrected chi connectivity index (χ1v) is 7.71. The lowest BCUT2D eigenvalue weighted by atomic mass is 9.92. The monoisotopic (exact) mass is 347 g/mol. The minimum absolute atomic E-state index is 0.0140. The highest BCUT2D eigenvalue weighted by Gasteiger charge is 2.51. The molecule has 1 aliphatic rings. The maximum atomic E-state index is 13.9. The van der Waals surface area contributed by atoms with Crippen LogP contribution in [0.15, 0.2) is 36.4 Å². The largest absolute Gasteiger partial charge is 0.409 e. The Hall–Kier alpha value is -2.59. The summed E-state index contributed by atoms with van der Waals surface area (Å²) in [7, 11) is 0. The first-order chi connectivity index (χ1) is 11.6. The second kappa shape index (κ2) is 5.74. The fraction of sp³-hybridized carbons (Fsp3) is 0.333. The van der Waals surface area contributed by atoms with Crippen LogP contribution in [0.2, 0.25) is 0 Å². The van der Waals surface area contributed by atoms with Gasteiger partial charge in [-0.1, -0.05) is 30.3 Å². The molecule has 1 heterocycles. The topological polar surface area (TPSA) is 56.1 Å². The molecular weight excluding hydrogens is 331 g/mol. The molecule has 1 saturated heterocycles. The lowest BCUT2D eigenvalue weighted by Crippen LogP contribution is -2.43. The van der Waals surface area contributed by atoms with Crippen molar-refractivity contribution < 1.29 is 18.0 Å². The number of carbonyl (C=O) groups excluding carboxylic acids is 1. The summed E-state index contributed by atoms with van der Waals surface area (Å²) in [5, 5.41) is 11.0. The maximum Gasteiger partial charge on any atom is 0.409 e. The lowest BCUT2D eigenvalue weighted by molar-refractivity contribution is -0.191. The maximum absolute atomic E-state index is 13.9. The summed E-state index contributed by atoms with van der Waals surface area (Å²) in [5.74, 6) is -0.445. The number of nitrogens with zero attached hydrogens (tertiary/aromatic N) is 2. The Labute approximate surface area is 142 Å². The van der Waals surface area contributed by atoms with Gasteiger partial charge in [-0.3, -0.25) is 10.2 Å². The number of nitrogens with one attached hydrogen (secondary N) is 1. The van der Waals surface area contributed by atoms with Crippen molar-refractivity contribution in [3.63, 3.8) is 0 Å². The number of nitriles is 1. The molecule has 130 valence electrons. The molecule has 0 radical (unpaired) electrons.